The number of methoxy groups -OCH3 is 1. The average molecular weight is 357 g/mol. The minimum Gasteiger partial charge on any atom is -1.00 e. The standard InChI is InChI=1S/C18H23NO5.Na.H/c1-18(17(22)23)9-7-13(8-10-18)19-16(21)6-4-12-3-5-14(20)15(11-12)24-2;;/h3-6,11,13,20H,7-10H2,1-2H3,(H,19,21)(H,22,23);;/q;+1;-1/b6-4+;;. The van der Waals surface area contributed by atoms with Gasteiger partial charge in [0.05, 0.1) is 12.5 Å². The Hall–Kier alpha value is -1.50. The SMILES string of the molecule is COc1cc(/C=C/C(=O)NC2CCC(C)(C(=O)O)CC2)ccc1O.[H-].[Na+]. The van der Waals surface area contributed by atoms with Crippen molar-refractivity contribution in [3.05, 3.63) is 29.8 Å². The zero-order valence-electron chi connectivity index (χ0n) is 15.9. The van der Waals surface area contributed by atoms with Gasteiger partial charge >= 0.3 is 35.5 Å². The van der Waals surface area contributed by atoms with E-state index in [0.717, 1.165) is 5.56 Å². The second-order valence-electron chi connectivity index (χ2n) is 6.41. The minimum atomic E-state index is -0.770. The maximum atomic E-state index is 12.0. The molecule has 3 N–H and O–H groups in total. The molecule has 1 saturated carbocycles. The zero-order chi connectivity index (χ0) is 17.7. The second-order valence-corrected chi connectivity index (χ2v) is 6.41. The van der Waals surface area contributed by atoms with Gasteiger partial charge in [-0.25, -0.2) is 0 Å². The van der Waals surface area contributed by atoms with E-state index in [9.17, 15) is 19.8 Å². The molecule has 0 bridgehead atoms. The summed E-state index contributed by atoms with van der Waals surface area (Å²) < 4.78 is 5.02. The Labute approximate surface area is 171 Å². The van der Waals surface area contributed by atoms with Crippen molar-refractivity contribution in [1.29, 1.82) is 0 Å². The van der Waals surface area contributed by atoms with Crippen LogP contribution in [0.1, 0.15) is 39.6 Å². The summed E-state index contributed by atoms with van der Waals surface area (Å²) in [4.78, 5) is 23.2. The van der Waals surface area contributed by atoms with Crippen molar-refractivity contribution in [2.45, 2.75) is 38.6 Å². The molecule has 1 amide bonds. The number of carbonyl (C=O) groups is 2. The Bertz CT molecular complexity index is 657. The van der Waals surface area contributed by atoms with Gasteiger partial charge in [0, 0.05) is 12.1 Å². The molecular weight excluding hydrogens is 333 g/mol. The molecule has 1 aromatic rings. The fraction of sp³-hybridized carbons (Fsp3) is 0.444. The van der Waals surface area contributed by atoms with Crippen molar-refractivity contribution in [2.24, 2.45) is 5.41 Å². The van der Waals surface area contributed by atoms with Gasteiger partial charge in [-0.15, -0.1) is 0 Å². The van der Waals surface area contributed by atoms with Gasteiger partial charge in [0.2, 0.25) is 5.91 Å². The molecule has 0 aromatic heterocycles. The van der Waals surface area contributed by atoms with Crippen molar-refractivity contribution in [3.63, 3.8) is 0 Å². The average Bonchev–Trinajstić information content (AvgIpc) is 2.56. The molecule has 6 nitrogen and oxygen atoms in total. The van der Waals surface area contributed by atoms with Gasteiger partial charge in [0.15, 0.2) is 11.5 Å². The molecule has 0 spiro atoms. The van der Waals surface area contributed by atoms with Crippen molar-refractivity contribution in [2.75, 3.05) is 7.11 Å². The van der Waals surface area contributed by atoms with Gasteiger partial charge in [-0.1, -0.05) is 6.07 Å². The van der Waals surface area contributed by atoms with Gasteiger partial charge in [-0.2, -0.15) is 0 Å². The van der Waals surface area contributed by atoms with Crippen LogP contribution in [0.15, 0.2) is 24.3 Å². The maximum absolute atomic E-state index is 12.0. The molecule has 1 aromatic carbocycles. The summed E-state index contributed by atoms with van der Waals surface area (Å²) in [6.45, 7) is 1.76. The number of hydrogen-bond donors (Lipinski definition) is 3. The Kier molecular flexibility index (Phi) is 7.99. The van der Waals surface area contributed by atoms with E-state index in [-0.39, 0.29) is 48.7 Å². The van der Waals surface area contributed by atoms with Crippen LogP contribution in [0.4, 0.5) is 0 Å². The molecular formula is C18H24NNaO5. The van der Waals surface area contributed by atoms with E-state index >= 15 is 0 Å². The number of hydrogen-bond acceptors (Lipinski definition) is 4. The van der Waals surface area contributed by atoms with Crippen molar-refractivity contribution in [1.82, 2.24) is 5.32 Å². The van der Waals surface area contributed by atoms with E-state index < -0.39 is 11.4 Å². The van der Waals surface area contributed by atoms with Crippen LogP contribution < -0.4 is 39.6 Å². The number of ether oxygens (including phenoxy) is 1. The minimum absolute atomic E-state index is 0. The van der Waals surface area contributed by atoms with Gasteiger partial charge in [-0.05, 0) is 56.4 Å². The number of rotatable bonds is 5. The Morgan fingerprint density at radius 1 is 1.36 bits per heavy atom. The van der Waals surface area contributed by atoms with E-state index in [0.29, 0.717) is 31.4 Å². The van der Waals surface area contributed by atoms with E-state index in [4.69, 9.17) is 4.74 Å². The molecule has 1 aliphatic carbocycles. The summed E-state index contributed by atoms with van der Waals surface area (Å²) in [5.74, 6) is -0.597. The number of carbonyl (C=O) groups excluding carboxylic acids is 1. The normalized spacial score (nSPS) is 22.9. The molecule has 0 radical (unpaired) electrons. The van der Waals surface area contributed by atoms with Crippen LogP contribution in [0.2, 0.25) is 0 Å². The third-order valence-corrected chi connectivity index (χ3v) is 4.58. The topological polar surface area (TPSA) is 95.9 Å². The Balaban J connectivity index is 0.00000312. The summed E-state index contributed by atoms with van der Waals surface area (Å²) in [6, 6.07) is 4.83. The summed E-state index contributed by atoms with van der Waals surface area (Å²) >= 11 is 0. The van der Waals surface area contributed by atoms with Gasteiger partial charge < -0.3 is 21.7 Å². The van der Waals surface area contributed by atoms with Crippen LogP contribution in [-0.2, 0) is 9.59 Å². The van der Waals surface area contributed by atoms with Gasteiger partial charge in [0.25, 0.3) is 0 Å². The number of carboxylic acids is 1. The molecule has 7 heteroatoms. The largest absolute Gasteiger partial charge is 1.00 e. The maximum Gasteiger partial charge on any atom is 1.00 e. The monoisotopic (exact) mass is 357 g/mol. The number of nitrogens with one attached hydrogen (secondary N) is 1. The molecule has 132 valence electrons. The number of amides is 1. The van der Waals surface area contributed by atoms with E-state index in [1.54, 1.807) is 25.1 Å². The zero-order valence-corrected chi connectivity index (χ0v) is 16.9. The smallest absolute Gasteiger partial charge is 1.00 e. The fourth-order valence-electron chi connectivity index (χ4n) is 2.83. The summed E-state index contributed by atoms with van der Waals surface area (Å²) in [6.07, 6.45) is 5.52. The summed E-state index contributed by atoms with van der Waals surface area (Å²) in [7, 11) is 1.46. The molecule has 0 atom stereocenters. The first-order valence-corrected chi connectivity index (χ1v) is 7.93. The van der Waals surface area contributed by atoms with E-state index in [2.05, 4.69) is 5.32 Å². The molecule has 0 saturated heterocycles. The third kappa shape index (κ3) is 5.76. The first kappa shape index (κ1) is 21.5. The molecule has 0 unspecified atom stereocenters. The quantitative estimate of drug-likeness (QED) is 0.496. The summed E-state index contributed by atoms with van der Waals surface area (Å²) in [5, 5.41) is 21.7. The molecule has 1 fully saturated rings. The first-order chi connectivity index (χ1) is 11.3. The van der Waals surface area contributed by atoms with Crippen LogP contribution in [0, 0.1) is 5.41 Å². The molecule has 25 heavy (non-hydrogen) atoms. The Morgan fingerprint density at radius 2 is 2.00 bits per heavy atom. The molecule has 0 aliphatic heterocycles. The molecule has 1 aliphatic rings. The van der Waals surface area contributed by atoms with Crippen molar-refractivity contribution in [3.8, 4) is 11.5 Å². The predicted octanol–water partition coefficient (Wildman–Crippen LogP) is -0.320. The van der Waals surface area contributed by atoms with Crippen LogP contribution >= 0.6 is 0 Å². The van der Waals surface area contributed by atoms with Crippen LogP contribution in [-0.4, -0.2) is 35.2 Å². The number of aromatic hydroxyl groups is 1. The van der Waals surface area contributed by atoms with Crippen LogP contribution in [0.3, 0.4) is 0 Å². The number of aliphatic carboxylic acids is 1. The fourth-order valence-corrected chi connectivity index (χ4v) is 2.83. The van der Waals surface area contributed by atoms with Crippen LogP contribution in [0.5, 0.6) is 11.5 Å². The predicted molar refractivity (Wildman–Crippen MR) is 90.9 cm³/mol. The van der Waals surface area contributed by atoms with E-state index in [1.807, 2.05) is 0 Å². The number of phenols is 1. The van der Waals surface area contributed by atoms with Crippen molar-refractivity contribution < 1.29 is 55.5 Å². The number of phenolic OH excluding ortho intramolecular Hbond substituents is 1. The number of benzene rings is 1. The first-order valence-electron chi connectivity index (χ1n) is 7.93. The van der Waals surface area contributed by atoms with Crippen LogP contribution in [0.25, 0.3) is 6.08 Å². The third-order valence-electron chi connectivity index (χ3n) is 4.58. The molecule has 0 heterocycles. The van der Waals surface area contributed by atoms with Gasteiger partial charge in [0.1, 0.15) is 0 Å². The second kappa shape index (κ2) is 9.27. The number of carboxylic acid groups (broad SMARTS) is 1. The molecule has 2 rings (SSSR count). The van der Waals surface area contributed by atoms with E-state index in [1.165, 1.54) is 19.3 Å². The Morgan fingerprint density at radius 3 is 2.56 bits per heavy atom. The van der Waals surface area contributed by atoms with Crippen molar-refractivity contribution >= 4 is 18.0 Å². The van der Waals surface area contributed by atoms with Gasteiger partial charge in [-0.3, -0.25) is 9.59 Å². The summed E-state index contributed by atoms with van der Waals surface area (Å²) in [5.41, 5.74) is 0.0570.